The highest BCUT2D eigenvalue weighted by atomic mass is 19.4. The van der Waals surface area contributed by atoms with E-state index in [1.807, 2.05) is 6.07 Å². The lowest BCUT2D eigenvalue weighted by Gasteiger charge is -2.35. The number of benzene rings is 3. The molecule has 3 aromatic carbocycles. The molecule has 2 saturated heterocycles. The van der Waals surface area contributed by atoms with Gasteiger partial charge in [0.1, 0.15) is 23.6 Å². The first kappa shape index (κ1) is 34.5. The number of ether oxygens (including phenoxy) is 2. The van der Waals surface area contributed by atoms with Crippen LogP contribution in [0.3, 0.4) is 0 Å². The van der Waals surface area contributed by atoms with E-state index >= 15 is 0 Å². The predicted molar refractivity (Wildman–Crippen MR) is 181 cm³/mol. The lowest BCUT2D eigenvalue weighted by atomic mass is 10.0. The number of hydroxylamine groups is 1. The fourth-order valence-electron chi connectivity index (χ4n) is 5.77. The summed E-state index contributed by atoms with van der Waals surface area (Å²) in [5.74, 6) is -0.174. The topological polar surface area (TPSA) is 104 Å². The molecule has 2 aliphatic heterocycles. The maximum absolute atomic E-state index is 14.8. The number of anilines is 5. The van der Waals surface area contributed by atoms with Crippen molar-refractivity contribution < 1.29 is 36.7 Å². The number of likely N-dealkylation sites (N-methyl/N-ethyl adjacent to an activating group) is 1. The molecular formula is C35H35F4N7O4. The summed E-state index contributed by atoms with van der Waals surface area (Å²) in [6.07, 6.45) is -1.50. The van der Waals surface area contributed by atoms with E-state index in [0.717, 1.165) is 44.0 Å². The minimum Gasteiger partial charge on any atom is -0.494 e. The molecule has 2 aliphatic rings. The molecule has 4 aromatic rings. The van der Waals surface area contributed by atoms with Crippen LogP contribution in [-0.4, -0.2) is 67.7 Å². The molecule has 15 heteroatoms. The Kier molecular flexibility index (Phi) is 10.1. The number of methoxy groups -OCH3 is 1. The number of nitrogens with zero attached hydrogens (tertiary/aromatic N) is 5. The second-order valence-corrected chi connectivity index (χ2v) is 11.7. The van der Waals surface area contributed by atoms with Crippen molar-refractivity contribution in [1.29, 1.82) is 0 Å². The molecule has 0 radical (unpaired) electrons. The number of carbonyl (C=O) groups excluding carboxylic acids is 1. The van der Waals surface area contributed by atoms with E-state index in [4.69, 9.17) is 14.3 Å². The average Bonchev–Trinajstić information content (AvgIpc) is 3.60. The van der Waals surface area contributed by atoms with Crippen LogP contribution >= 0.6 is 0 Å². The third-order valence-corrected chi connectivity index (χ3v) is 8.38. The Morgan fingerprint density at radius 1 is 1.02 bits per heavy atom. The summed E-state index contributed by atoms with van der Waals surface area (Å²) in [7, 11) is 3.62. The number of rotatable bonds is 10. The fourth-order valence-corrected chi connectivity index (χ4v) is 5.77. The van der Waals surface area contributed by atoms with Crippen molar-refractivity contribution in [3.05, 3.63) is 96.6 Å². The number of hydrogen-bond acceptors (Lipinski definition) is 10. The molecule has 0 spiro atoms. The highest BCUT2D eigenvalue weighted by molar-refractivity contribution is 6.02. The molecule has 262 valence electrons. The Morgan fingerprint density at radius 3 is 2.56 bits per heavy atom. The Bertz CT molecular complexity index is 1870. The van der Waals surface area contributed by atoms with Crippen LogP contribution in [0.5, 0.6) is 17.2 Å². The molecule has 0 unspecified atom stereocenters. The summed E-state index contributed by atoms with van der Waals surface area (Å²) in [4.78, 5) is 31.5. The van der Waals surface area contributed by atoms with Crippen LogP contribution < -0.4 is 30.1 Å². The fraction of sp³-hybridized carbons (Fsp3) is 0.286. The van der Waals surface area contributed by atoms with Gasteiger partial charge in [-0.05, 0) is 55.1 Å². The van der Waals surface area contributed by atoms with E-state index < -0.39 is 23.6 Å². The number of hydrogen-bond donors (Lipinski definition) is 2. The third-order valence-electron chi connectivity index (χ3n) is 8.38. The number of aromatic nitrogens is 2. The van der Waals surface area contributed by atoms with Gasteiger partial charge < -0.3 is 29.9 Å². The van der Waals surface area contributed by atoms with Gasteiger partial charge in [-0.2, -0.15) is 13.2 Å². The molecule has 0 aliphatic carbocycles. The van der Waals surface area contributed by atoms with Crippen LogP contribution in [0.4, 0.5) is 46.3 Å². The number of piperazine rings is 1. The molecule has 1 aromatic heterocycles. The van der Waals surface area contributed by atoms with Crippen molar-refractivity contribution in [3.63, 3.8) is 0 Å². The third kappa shape index (κ3) is 7.74. The van der Waals surface area contributed by atoms with E-state index in [0.29, 0.717) is 47.4 Å². The molecule has 2 fully saturated rings. The summed E-state index contributed by atoms with van der Waals surface area (Å²) < 4.78 is 65.8. The smallest absolute Gasteiger partial charge is 0.416 e. The Morgan fingerprint density at radius 2 is 1.82 bits per heavy atom. The van der Waals surface area contributed by atoms with Crippen molar-refractivity contribution in [2.75, 3.05) is 67.5 Å². The Balaban J connectivity index is 1.25. The van der Waals surface area contributed by atoms with Crippen LogP contribution in [0.1, 0.15) is 23.6 Å². The van der Waals surface area contributed by atoms with E-state index in [1.165, 1.54) is 36.7 Å². The Hall–Kier alpha value is -5.41. The maximum atomic E-state index is 14.8. The SMILES string of the molecule is C=CC(=O)Nc1cc(Nc2cc(N3OCC[C@@H]3c3ccc(F)c(Oc4cccc(C(F)(F)F)c4)c3)ncn2)c(OC)cc1N1CCN(C)CC1. The molecule has 2 N–H and O–H groups in total. The first-order valence-corrected chi connectivity index (χ1v) is 15.8. The molecular weight excluding hydrogens is 658 g/mol. The van der Waals surface area contributed by atoms with E-state index in [1.54, 1.807) is 30.4 Å². The van der Waals surface area contributed by atoms with Gasteiger partial charge >= 0.3 is 6.18 Å². The van der Waals surface area contributed by atoms with E-state index in [-0.39, 0.29) is 17.4 Å². The first-order chi connectivity index (χ1) is 24.0. The zero-order valence-electron chi connectivity index (χ0n) is 27.3. The number of carbonyl (C=O) groups is 1. The highest BCUT2D eigenvalue weighted by Gasteiger charge is 2.32. The van der Waals surface area contributed by atoms with Crippen LogP contribution in [0.2, 0.25) is 0 Å². The number of alkyl halides is 3. The van der Waals surface area contributed by atoms with Gasteiger partial charge in [-0.15, -0.1) is 0 Å². The van der Waals surface area contributed by atoms with Crippen molar-refractivity contribution >= 4 is 34.6 Å². The summed E-state index contributed by atoms with van der Waals surface area (Å²) >= 11 is 0. The van der Waals surface area contributed by atoms with Crippen molar-refractivity contribution in [2.24, 2.45) is 0 Å². The predicted octanol–water partition coefficient (Wildman–Crippen LogP) is 6.94. The summed E-state index contributed by atoms with van der Waals surface area (Å²) in [5.41, 5.74) is 1.60. The van der Waals surface area contributed by atoms with Crippen LogP contribution in [0.25, 0.3) is 0 Å². The largest absolute Gasteiger partial charge is 0.494 e. The van der Waals surface area contributed by atoms with Gasteiger partial charge in [0.15, 0.2) is 17.4 Å². The lowest BCUT2D eigenvalue weighted by molar-refractivity contribution is -0.137. The summed E-state index contributed by atoms with van der Waals surface area (Å²) in [6, 6.07) is 13.3. The number of amides is 1. The monoisotopic (exact) mass is 693 g/mol. The van der Waals surface area contributed by atoms with E-state index in [2.05, 4.69) is 44.0 Å². The minimum atomic E-state index is -4.57. The average molecular weight is 694 g/mol. The number of nitrogens with one attached hydrogen (secondary N) is 2. The van der Waals surface area contributed by atoms with Gasteiger partial charge in [0.2, 0.25) is 5.91 Å². The van der Waals surface area contributed by atoms with Gasteiger partial charge in [-0.1, -0.05) is 18.7 Å². The maximum Gasteiger partial charge on any atom is 0.416 e. The molecule has 3 heterocycles. The lowest BCUT2D eigenvalue weighted by Crippen LogP contribution is -2.44. The van der Waals surface area contributed by atoms with Gasteiger partial charge in [0, 0.05) is 44.7 Å². The number of halogens is 4. The van der Waals surface area contributed by atoms with Crippen molar-refractivity contribution in [3.8, 4) is 17.2 Å². The van der Waals surface area contributed by atoms with Crippen LogP contribution in [-0.2, 0) is 15.8 Å². The van der Waals surface area contributed by atoms with Gasteiger partial charge in [0.05, 0.1) is 42.4 Å². The minimum absolute atomic E-state index is 0.152. The molecule has 1 amide bonds. The van der Waals surface area contributed by atoms with Gasteiger partial charge in [0.25, 0.3) is 0 Å². The second-order valence-electron chi connectivity index (χ2n) is 11.7. The van der Waals surface area contributed by atoms with Gasteiger partial charge in [-0.25, -0.2) is 19.4 Å². The zero-order valence-corrected chi connectivity index (χ0v) is 27.3. The zero-order chi connectivity index (χ0) is 35.4. The van der Waals surface area contributed by atoms with Crippen LogP contribution in [0.15, 0.2) is 79.6 Å². The van der Waals surface area contributed by atoms with Crippen LogP contribution in [0, 0.1) is 5.82 Å². The van der Waals surface area contributed by atoms with Crippen molar-refractivity contribution in [1.82, 2.24) is 14.9 Å². The van der Waals surface area contributed by atoms with Crippen molar-refractivity contribution in [2.45, 2.75) is 18.6 Å². The molecule has 1 atom stereocenters. The summed E-state index contributed by atoms with van der Waals surface area (Å²) in [6.45, 7) is 7.16. The second kappa shape index (κ2) is 14.6. The molecule has 0 bridgehead atoms. The molecule has 0 saturated carbocycles. The normalized spacial score (nSPS) is 16.6. The van der Waals surface area contributed by atoms with Gasteiger partial charge in [-0.3, -0.25) is 9.63 Å². The van der Waals surface area contributed by atoms with E-state index in [9.17, 15) is 22.4 Å². The molecule has 11 nitrogen and oxygen atoms in total. The molecule has 50 heavy (non-hydrogen) atoms. The Labute approximate surface area is 286 Å². The molecule has 6 rings (SSSR count). The standard InChI is InChI=1S/C35H35F4N7O4/c1-4-34(47)43-26-18-27(31(48-3)19-29(26)45-13-11-44(2)12-14-45)42-32-20-33(41-21-40-32)46-28(10-15-49-46)22-8-9-25(36)30(16-22)50-24-7-5-6-23(17-24)35(37,38)39/h4-9,16-21,28H,1,10-15H2,2-3H3,(H,43,47)(H,40,41,42)/t28-/m1/s1. The first-order valence-electron chi connectivity index (χ1n) is 15.8. The quantitative estimate of drug-likeness (QED) is 0.134. The summed E-state index contributed by atoms with van der Waals surface area (Å²) in [5, 5.41) is 7.73. The highest BCUT2D eigenvalue weighted by Crippen LogP contribution is 2.41.